The molecular weight excluding hydrogens is 298 g/mol. The van der Waals surface area contributed by atoms with Gasteiger partial charge in [-0.3, -0.25) is 4.79 Å². The van der Waals surface area contributed by atoms with Gasteiger partial charge in [0.05, 0.1) is 6.61 Å². The van der Waals surface area contributed by atoms with Crippen LogP contribution in [0.2, 0.25) is 5.02 Å². The number of nitrogens with one attached hydrogen (secondary N) is 1. The number of anilines is 1. The summed E-state index contributed by atoms with van der Waals surface area (Å²) in [5, 5.41) is 3.62. The van der Waals surface area contributed by atoms with Crippen molar-refractivity contribution in [3.63, 3.8) is 0 Å². The third-order valence-electron chi connectivity index (χ3n) is 3.35. The molecule has 0 aliphatic heterocycles. The van der Waals surface area contributed by atoms with E-state index in [4.69, 9.17) is 16.3 Å². The van der Waals surface area contributed by atoms with Gasteiger partial charge in [-0.15, -0.1) is 0 Å². The quantitative estimate of drug-likeness (QED) is 0.864. The molecule has 0 aromatic heterocycles. The molecular formula is C18H20ClNO2. The van der Waals surface area contributed by atoms with Crippen molar-refractivity contribution in [3.8, 4) is 11.1 Å². The fourth-order valence-corrected chi connectivity index (χ4v) is 2.27. The van der Waals surface area contributed by atoms with Crippen molar-refractivity contribution in [2.45, 2.75) is 20.5 Å². The van der Waals surface area contributed by atoms with E-state index in [1.807, 2.05) is 56.3 Å². The molecule has 2 rings (SSSR count). The van der Waals surface area contributed by atoms with E-state index in [9.17, 15) is 4.79 Å². The lowest BCUT2D eigenvalue weighted by atomic mass is 9.99. The molecule has 0 bridgehead atoms. The van der Waals surface area contributed by atoms with Crippen molar-refractivity contribution < 1.29 is 9.53 Å². The molecule has 1 amide bonds. The number of carbonyl (C=O) groups excluding carboxylic acids is 1. The minimum absolute atomic E-state index is 0.00242. The van der Waals surface area contributed by atoms with Gasteiger partial charge in [-0.05, 0) is 41.0 Å². The molecule has 0 aliphatic rings. The Bertz CT molecular complexity index is 651. The van der Waals surface area contributed by atoms with Crippen LogP contribution in [0.1, 0.15) is 19.4 Å². The lowest BCUT2D eigenvalue weighted by Gasteiger charge is -2.13. The maximum absolute atomic E-state index is 11.8. The van der Waals surface area contributed by atoms with Crippen molar-refractivity contribution in [3.05, 3.63) is 53.1 Å². The standard InChI is InChI=1S/C18H20ClNO2/c1-12(2)18(21)20-16-8-9-17(14(10-16)11-22-3)13-4-6-15(19)7-5-13/h4-10,12H,11H2,1-3H3,(H,20,21). The topological polar surface area (TPSA) is 38.3 Å². The monoisotopic (exact) mass is 317 g/mol. The molecule has 0 heterocycles. The Morgan fingerprint density at radius 2 is 1.86 bits per heavy atom. The van der Waals surface area contributed by atoms with Crippen molar-refractivity contribution in [2.75, 3.05) is 12.4 Å². The minimum atomic E-state index is -0.0539. The number of amides is 1. The Hall–Kier alpha value is -1.84. The minimum Gasteiger partial charge on any atom is -0.380 e. The number of rotatable bonds is 5. The van der Waals surface area contributed by atoms with Crippen LogP contribution in [-0.2, 0) is 16.1 Å². The molecule has 0 fully saturated rings. The third kappa shape index (κ3) is 4.09. The van der Waals surface area contributed by atoms with Crippen LogP contribution in [0.5, 0.6) is 0 Å². The number of carbonyl (C=O) groups is 1. The first-order valence-corrected chi connectivity index (χ1v) is 7.57. The van der Waals surface area contributed by atoms with Gasteiger partial charge in [-0.1, -0.05) is 43.6 Å². The molecule has 2 aromatic carbocycles. The van der Waals surface area contributed by atoms with Crippen LogP contribution in [0.15, 0.2) is 42.5 Å². The van der Waals surface area contributed by atoms with E-state index in [0.29, 0.717) is 11.6 Å². The van der Waals surface area contributed by atoms with Crippen LogP contribution in [0.25, 0.3) is 11.1 Å². The second-order valence-electron chi connectivity index (χ2n) is 5.46. The van der Waals surface area contributed by atoms with E-state index in [-0.39, 0.29) is 11.8 Å². The molecule has 0 atom stereocenters. The van der Waals surface area contributed by atoms with E-state index < -0.39 is 0 Å². The van der Waals surface area contributed by atoms with Gasteiger partial charge in [0.1, 0.15) is 0 Å². The smallest absolute Gasteiger partial charge is 0.226 e. The van der Waals surface area contributed by atoms with Crippen LogP contribution in [0.3, 0.4) is 0 Å². The first kappa shape index (κ1) is 16.5. The van der Waals surface area contributed by atoms with Crippen LogP contribution < -0.4 is 5.32 Å². The van der Waals surface area contributed by atoms with Gasteiger partial charge in [0.2, 0.25) is 5.91 Å². The summed E-state index contributed by atoms with van der Waals surface area (Å²) in [7, 11) is 1.66. The van der Waals surface area contributed by atoms with Gasteiger partial charge in [-0.25, -0.2) is 0 Å². The summed E-state index contributed by atoms with van der Waals surface area (Å²) in [6, 6.07) is 13.5. The third-order valence-corrected chi connectivity index (χ3v) is 3.60. The summed E-state index contributed by atoms with van der Waals surface area (Å²) in [6.07, 6.45) is 0. The van der Waals surface area contributed by atoms with Gasteiger partial charge >= 0.3 is 0 Å². The normalized spacial score (nSPS) is 10.8. The molecule has 1 N–H and O–H groups in total. The van der Waals surface area contributed by atoms with Crippen LogP contribution in [-0.4, -0.2) is 13.0 Å². The van der Waals surface area contributed by atoms with Gasteiger partial charge in [0.25, 0.3) is 0 Å². The second-order valence-corrected chi connectivity index (χ2v) is 5.89. The average molecular weight is 318 g/mol. The number of hydrogen-bond donors (Lipinski definition) is 1. The highest BCUT2D eigenvalue weighted by Gasteiger charge is 2.10. The molecule has 22 heavy (non-hydrogen) atoms. The van der Waals surface area contributed by atoms with Crippen LogP contribution in [0, 0.1) is 5.92 Å². The zero-order valence-electron chi connectivity index (χ0n) is 13.0. The molecule has 116 valence electrons. The Labute approximate surface area is 136 Å². The highest BCUT2D eigenvalue weighted by molar-refractivity contribution is 6.30. The number of ether oxygens (including phenoxy) is 1. The van der Waals surface area contributed by atoms with E-state index in [1.165, 1.54) is 0 Å². The van der Waals surface area contributed by atoms with Gasteiger partial charge in [0, 0.05) is 23.7 Å². The van der Waals surface area contributed by atoms with Crippen LogP contribution in [0.4, 0.5) is 5.69 Å². The van der Waals surface area contributed by atoms with Gasteiger partial charge < -0.3 is 10.1 Å². The molecule has 3 nitrogen and oxygen atoms in total. The Morgan fingerprint density at radius 1 is 1.18 bits per heavy atom. The van der Waals surface area contributed by atoms with E-state index in [2.05, 4.69) is 5.32 Å². The van der Waals surface area contributed by atoms with Gasteiger partial charge in [-0.2, -0.15) is 0 Å². The maximum Gasteiger partial charge on any atom is 0.226 e. The highest BCUT2D eigenvalue weighted by Crippen LogP contribution is 2.28. The molecule has 0 radical (unpaired) electrons. The number of hydrogen-bond acceptors (Lipinski definition) is 2. The Morgan fingerprint density at radius 3 is 2.45 bits per heavy atom. The lowest BCUT2D eigenvalue weighted by molar-refractivity contribution is -0.118. The molecule has 4 heteroatoms. The fourth-order valence-electron chi connectivity index (χ4n) is 2.14. The Balaban J connectivity index is 2.34. The van der Waals surface area contributed by atoms with Crippen molar-refractivity contribution in [2.24, 2.45) is 5.92 Å². The predicted octanol–water partition coefficient (Wildman–Crippen LogP) is 4.75. The fraction of sp³-hybridized carbons (Fsp3) is 0.278. The predicted molar refractivity (Wildman–Crippen MR) is 91.1 cm³/mol. The maximum atomic E-state index is 11.8. The summed E-state index contributed by atoms with van der Waals surface area (Å²) in [5.41, 5.74) is 3.94. The first-order valence-electron chi connectivity index (χ1n) is 7.20. The zero-order valence-corrected chi connectivity index (χ0v) is 13.8. The van der Waals surface area contributed by atoms with Crippen molar-refractivity contribution >= 4 is 23.2 Å². The van der Waals surface area contributed by atoms with E-state index in [0.717, 1.165) is 22.4 Å². The largest absolute Gasteiger partial charge is 0.380 e. The summed E-state index contributed by atoms with van der Waals surface area (Å²) < 4.78 is 5.28. The van der Waals surface area contributed by atoms with E-state index in [1.54, 1.807) is 7.11 Å². The highest BCUT2D eigenvalue weighted by atomic mass is 35.5. The molecule has 0 saturated carbocycles. The summed E-state index contributed by atoms with van der Waals surface area (Å²) >= 11 is 5.94. The summed E-state index contributed by atoms with van der Waals surface area (Å²) in [5.74, 6) is -0.0515. The molecule has 0 spiro atoms. The summed E-state index contributed by atoms with van der Waals surface area (Å²) in [4.78, 5) is 11.8. The zero-order chi connectivity index (χ0) is 16.1. The second kappa shape index (κ2) is 7.43. The van der Waals surface area contributed by atoms with Crippen molar-refractivity contribution in [1.29, 1.82) is 0 Å². The number of methoxy groups -OCH3 is 1. The molecule has 2 aromatic rings. The van der Waals surface area contributed by atoms with Gasteiger partial charge in [0.15, 0.2) is 0 Å². The molecule has 0 aliphatic carbocycles. The SMILES string of the molecule is COCc1cc(NC(=O)C(C)C)ccc1-c1ccc(Cl)cc1. The number of halogens is 1. The lowest BCUT2D eigenvalue weighted by Crippen LogP contribution is -2.17. The molecule has 0 saturated heterocycles. The van der Waals surface area contributed by atoms with Crippen LogP contribution >= 0.6 is 11.6 Å². The summed E-state index contributed by atoms with van der Waals surface area (Å²) in [6.45, 7) is 4.21. The Kier molecular flexibility index (Phi) is 5.58. The first-order chi connectivity index (χ1) is 10.5. The van der Waals surface area contributed by atoms with E-state index >= 15 is 0 Å². The average Bonchev–Trinajstić information content (AvgIpc) is 2.49. The number of benzene rings is 2. The van der Waals surface area contributed by atoms with Crippen molar-refractivity contribution in [1.82, 2.24) is 0 Å². The molecule has 0 unspecified atom stereocenters.